The molecule has 0 radical (unpaired) electrons. The number of hydrogen-bond donors (Lipinski definition) is 2. The molecule has 2 atom stereocenters. The van der Waals surface area contributed by atoms with E-state index in [9.17, 15) is 9.59 Å². The highest BCUT2D eigenvalue weighted by molar-refractivity contribution is 7.12. The molecule has 134 valence electrons. The summed E-state index contributed by atoms with van der Waals surface area (Å²) in [6.07, 6.45) is 0.445. The van der Waals surface area contributed by atoms with E-state index in [4.69, 9.17) is 0 Å². The number of carbonyl (C=O) groups excluding carboxylic acids is 2. The van der Waals surface area contributed by atoms with E-state index in [1.165, 1.54) is 11.3 Å². The fourth-order valence-corrected chi connectivity index (χ4v) is 3.98. The van der Waals surface area contributed by atoms with Crippen LogP contribution < -0.4 is 10.6 Å². The normalized spacial score (nSPS) is 13.0. The number of amides is 2. The number of hydrogen-bond acceptors (Lipinski definition) is 4. The average Bonchev–Trinajstić information content (AvgIpc) is 3.35. The number of benzene rings is 1. The molecule has 0 spiro atoms. The summed E-state index contributed by atoms with van der Waals surface area (Å²) in [5, 5.41) is 9.73. The van der Waals surface area contributed by atoms with E-state index in [-0.39, 0.29) is 17.9 Å². The highest BCUT2D eigenvalue weighted by Crippen LogP contribution is 2.18. The zero-order valence-electron chi connectivity index (χ0n) is 14.3. The Balaban J connectivity index is 1.72. The highest BCUT2D eigenvalue weighted by atomic mass is 32.1. The molecule has 0 aliphatic rings. The minimum absolute atomic E-state index is 0.0978. The number of rotatable bonds is 7. The van der Waals surface area contributed by atoms with Gasteiger partial charge in [-0.05, 0) is 35.4 Å². The molecule has 26 heavy (non-hydrogen) atoms. The third-order valence-corrected chi connectivity index (χ3v) is 5.90. The molecular weight excluding hydrogens is 364 g/mol. The van der Waals surface area contributed by atoms with Crippen molar-refractivity contribution in [2.24, 2.45) is 0 Å². The van der Waals surface area contributed by atoms with Crippen LogP contribution in [0.2, 0.25) is 0 Å². The zero-order chi connectivity index (χ0) is 18.4. The van der Waals surface area contributed by atoms with Gasteiger partial charge in [0.2, 0.25) is 5.91 Å². The van der Waals surface area contributed by atoms with Crippen molar-refractivity contribution >= 4 is 34.5 Å². The van der Waals surface area contributed by atoms with Gasteiger partial charge in [0.1, 0.15) is 6.04 Å². The molecule has 2 N–H and O–H groups in total. The maximum atomic E-state index is 12.8. The molecule has 0 saturated carbocycles. The second-order valence-electron chi connectivity index (χ2n) is 5.94. The Kier molecular flexibility index (Phi) is 6.20. The van der Waals surface area contributed by atoms with Crippen LogP contribution in [0.4, 0.5) is 0 Å². The Labute approximate surface area is 160 Å². The van der Waals surface area contributed by atoms with Gasteiger partial charge in [0.15, 0.2) is 0 Å². The van der Waals surface area contributed by atoms with Gasteiger partial charge >= 0.3 is 0 Å². The van der Waals surface area contributed by atoms with Crippen molar-refractivity contribution in [1.82, 2.24) is 10.6 Å². The first-order valence-electron chi connectivity index (χ1n) is 8.35. The Morgan fingerprint density at radius 3 is 2.31 bits per heavy atom. The van der Waals surface area contributed by atoms with Crippen molar-refractivity contribution in [3.8, 4) is 0 Å². The molecule has 2 heterocycles. The third-order valence-electron chi connectivity index (χ3n) is 3.98. The minimum atomic E-state index is -0.630. The van der Waals surface area contributed by atoms with E-state index in [1.807, 2.05) is 66.2 Å². The summed E-state index contributed by atoms with van der Waals surface area (Å²) in [7, 11) is 0. The first-order chi connectivity index (χ1) is 12.6. The molecule has 2 unspecified atom stereocenters. The Bertz CT molecular complexity index is 830. The monoisotopic (exact) mass is 384 g/mol. The summed E-state index contributed by atoms with van der Waals surface area (Å²) < 4.78 is 0. The second kappa shape index (κ2) is 8.78. The van der Waals surface area contributed by atoms with E-state index >= 15 is 0 Å². The lowest BCUT2D eigenvalue weighted by Crippen LogP contribution is -2.48. The maximum Gasteiger partial charge on any atom is 0.262 e. The van der Waals surface area contributed by atoms with Gasteiger partial charge in [0.25, 0.3) is 5.91 Å². The predicted octanol–water partition coefficient (Wildman–Crippen LogP) is 4.03. The summed E-state index contributed by atoms with van der Waals surface area (Å²) in [4.78, 5) is 27.0. The smallest absolute Gasteiger partial charge is 0.262 e. The van der Waals surface area contributed by atoms with Crippen LogP contribution in [0, 0.1) is 0 Å². The van der Waals surface area contributed by atoms with E-state index in [0.29, 0.717) is 11.3 Å². The van der Waals surface area contributed by atoms with Crippen LogP contribution in [-0.2, 0) is 11.2 Å². The van der Waals surface area contributed by atoms with E-state index in [0.717, 1.165) is 10.4 Å². The van der Waals surface area contributed by atoms with Crippen LogP contribution in [0.3, 0.4) is 0 Å². The Morgan fingerprint density at radius 1 is 0.923 bits per heavy atom. The van der Waals surface area contributed by atoms with Crippen LogP contribution >= 0.6 is 22.7 Å². The number of nitrogens with one attached hydrogen (secondary N) is 2. The summed E-state index contributed by atoms with van der Waals surface area (Å²) in [6.45, 7) is 1.95. The average molecular weight is 385 g/mol. The van der Waals surface area contributed by atoms with Gasteiger partial charge in [-0.15, -0.1) is 22.7 Å². The van der Waals surface area contributed by atoms with E-state index in [2.05, 4.69) is 10.6 Å². The van der Waals surface area contributed by atoms with Crippen LogP contribution in [0.25, 0.3) is 0 Å². The molecule has 2 aromatic heterocycles. The van der Waals surface area contributed by atoms with Crippen molar-refractivity contribution in [3.63, 3.8) is 0 Å². The largest absolute Gasteiger partial charge is 0.347 e. The minimum Gasteiger partial charge on any atom is -0.347 e. The number of thiophene rings is 2. The first-order valence-corrected chi connectivity index (χ1v) is 10.1. The van der Waals surface area contributed by atoms with Gasteiger partial charge in [0.05, 0.1) is 10.9 Å². The van der Waals surface area contributed by atoms with Crippen LogP contribution in [0.15, 0.2) is 65.4 Å². The lowest BCUT2D eigenvalue weighted by atomic mass is 10.0. The topological polar surface area (TPSA) is 58.2 Å². The predicted molar refractivity (Wildman–Crippen MR) is 107 cm³/mol. The maximum absolute atomic E-state index is 12.8. The van der Waals surface area contributed by atoms with Crippen molar-refractivity contribution in [3.05, 3.63) is 80.7 Å². The lowest BCUT2D eigenvalue weighted by Gasteiger charge is -2.21. The third kappa shape index (κ3) is 4.80. The molecule has 0 fully saturated rings. The molecule has 4 nitrogen and oxygen atoms in total. The van der Waals surface area contributed by atoms with E-state index < -0.39 is 6.04 Å². The van der Waals surface area contributed by atoms with Crippen LogP contribution in [-0.4, -0.2) is 17.9 Å². The fourth-order valence-electron chi connectivity index (χ4n) is 2.62. The molecule has 3 aromatic rings. The van der Waals surface area contributed by atoms with E-state index in [1.54, 1.807) is 17.4 Å². The van der Waals surface area contributed by atoms with Gasteiger partial charge in [0, 0.05) is 11.3 Å². The summed E-state index contributed by atoms with van der Waals surface area (Å²) in [5.41, 5.74) is 1.00. The molecule has 0 aliphatic heterocycles. The number of carbonyl (C=O) groups is 2. The van der Waals surface area contributed by atoms with Crippen molar-refractivity contribution in [2.45, 2.75) is 25.4 Å². The lowest BCUT2D eigenvalue weighted by molar-refractivity contribution is -0.123. The van der Waals surface area contributed by atoms with Crippen LogP contribution in [0.5, 0.6) is 0 Å². The highest BCUT2D eigenvalue weighted by Gasteiger charge is 2.24. The summed E-state index contributed by atoms with van der Waals surface area (Å²) in [5.74, 6) is -0.403. The SMILES string of the molecule is CC(NC(=O)C(Cc1ccccc1)NC(=O)c1cccs1)c1cccs1. The van der Waals surface area contributed by atoms with Crippen molar-refractivity contribution in [1.29, 1.82) is 0 Å². The molecular formula is C20H20N2O2S2. The summed E-state index contributed by atoms with van der Waals surface area (Å²) in [6, 6.07) is 16.5. The molecule has 2 amide bonds. The van der Waals surface area contributed by atoms with Crippen molar-refractivity contribution in [2.75, 3.05) is 0 Å². The first kappa shape index (κ1) is 18.4. The van der Waals surface area contributed by atoms with Gasteiger partial charge in [-0.25, -0.2) is 0 Å². The Morgan fingerprint density at radius 2 is 1.65 bits per heavy atom. The second-order valence-corrected chi connectivity index (χ2v) is 7.87. The van der Waals surface area contributed by atoms with Gasteiger partial charge in [-0.3, -0.25) is 9.59 Å². The summed E-state index contributed by atoms with van der Waals surface area (Å²) >= 11 is 2.96. The Hall–Kier alpha value is -2.44. The van der Waals surface area contributed by atoms with Gasteiger partial charge in [-0.1, -0.05) is 42.5 Å². The molecule has 1 aromatic carbocycles. The molecule has 0 bridgehead atoms. The molecule has 6 heteroatoms. The quantitative estimate of drug-likeness (QED) is 0.646. The van der Waals surface area contributed by atoms with Gasteiger partial charge in [-0.2, -0.15) is 0 Å². The zero-order valence-corrected chi connectivity index (χ0v) is 16.0. The molecule has 0 saturated heterocycles. The van der Waals surface area contributed by atoms with Crippen molar-refractivity contribution < 1.29 is 9.59 Å². The van der Waals surface area contributed by atoms with Crippen LogP contribution in [0.1, 0.15) is 33.1 Å². The standard InChI is InChI=1S/C20H20N2O2S2/c1-14(17-9-5-11-25-17)21-19(23)16(13-15-7-3-2-4-8-15)22-20(24)18-10-6-12-26-18/h2-12,14,16H,13H2,1H3,(H,21,23)(H,22,24). The molecule has 3 rings (SSSR count). The van der Waals surface area contributed by atoms with Gasteiger partial charge < -0.3 is 10.6 Å². The fraction of sp³-hybridized carbons (Fsp3) is 0.200. The molecule has 0 aliphatic carbocycles.